The number of benzene rings is 3. The molecule has 3 aliphatic heterocycles. The number of methoxy groups -OCH3 is 2. The number of nitrogens with zero attached hydrogens (tertiary/aromatic N) is 4. The standard InChI is InChI=1S/C33H32Cl2N4O6S/c1-43-22-7-9-23(10-8-22)46(41,42)39-29-19-27(35)26(34)18-24(29)33(32(39)40,38-15-3-5-28(38)31-36-12-16-45-31)25-17-21(6-11-30(25)44-2)20-37-13-4-14-37/h6-12,16-19,28H,3-5,13-15,20H2,1-2H3. The van der Waals surface area contributed by atoms with E-state index >= 15 is 4.79 Å². The van der Waals surface area contributed by atoms with Crippen molar-refractivity contribution in [1.82, 2.24) is 14.8 Å². The number of halogens is 2. The van der Waals surface area contributed by atoms with E-state index in [2.05, 4.69) is 9.88 Å². The molecule has 2 atom stereocenters. The summed E-state index contributed by atoms with van der Waals surface area (Å²) in [6.45, 7) is 3.07. The second-order valence-corrected chi connectivity index (χ2v) is 14.2. The van der Waals surface area contributed by atoms with Gasteiger partial charge in [0.15, 0.2) is 5.54 Å². The largest absolute Gasteiger partial charge is 0.497 e. The van der Waals surface area contributed by atoms with Crippen molar-refractivity contribution in [3.05, 3.63) is 99.7 Å². The quantitative estimate of drug-likeness (QED) is 0.210. The number of aromatic nitrogens is 1. The van der Waals surface area contributed by atoms with Crippen LogP contribution in [0.25, 0.3) is 0 Å². The summed E-state index contributed by atoms with van der Waals surface area (Å²) in [6.07, 6.45) is 5.53. The number of sulfonamides is 1. The molecule has 10 nitrogen and oxygen atoms in total. The fourth-order valence-corrected chi connectivity index (χ4v) is 8.68. The molecule has 13 heteroatoms. The summed E-state index contributed by atoms with van der Waals surface area (Å²) >= 11 is 13.3. The maximum Gasteiger partial charge on any atom is 0.271 e. The van der Waals surface area contributed by atoms with Gasteiger partial charge in [0.25, 0.3) is 15.9 Å². The van der Waals surface area contributed by atoms with Crippen LogP contribution in [-0.4, -0.2) is 63.0 Å². The van der Waals surface area contributed by atoms with Crippen LogP contribution >= 0.6 is 23.2 Å². The van der Waals surface area contributed by atoms with E-state index in [1.807, 2.05) is 23.1 Å². The summed E-state index contributed by atoms with van der Waals surface area (Å²) in [5.41, 5.74) is 0.260. The lowest BCUT2D eigenvalue weighted by atomic mass is 9.80. The van der Waals surface area contributed by atoms with E-state index in [4.69, 9.17) is 37.1 Å². The molecule has 4 aromatic rings. The molecule has 0 saturated carbocycles. The minimum atomic E-state index is -4.47. The molecule has 240 valence electrons. The number of carbonyl (C=O) groups is 1. The van der Waals surface area contributed by atoms with E-state index in [0.29, 0.717) is 54.4 Å². The molecule has 2 fully saturated rings. The Hall–Kier alpha value is -3.61. The monoisotopic (exact) mass is 682 g/mol. The van der Waals surface area contributed by atoms with E-state index < -0.39 is 27.5 Å². The van der Waals surface area contributed by atoms with Crippen molar-refractivity contribution in [3.63, 3.8) is 0 Å². The summed E-state index contributed by atoms with van der Waals surface area (Å²) in [5.74, 6) is 0.637. The van der Waals surface area contributed by atoms with Gasteiger partial charge in [0.1, 0.15) is 17.8 Å². The first kappa shape index (κ1) is 31.0. The van der Waals surface area contributed by atoms with Crippen LogP contribution in [0.15, 0.2) is 76.4 Å². The molecule has 0 N–H and O–H groups in total. The third-order valence-electron chi connectivity index (χ3n) is 9.17. The number of anilines is 1. The van der Waals surface area contributed by atoms with Gasteiger partial charge in [0.2, 0.25) is 5.89 Å². The van der Waals surface area contributed by atoms with Crippen molar-refractivity contribution < 1.29 is 27.1 Å². The zero-order valence-corrected chi connectivity index (χ0v) is 27.6. The highest BCUT2D eigenvalue weighted by atomic mass is 35.5. The van der Waals surface area contributed by atoms with Crippen LogP contribution in [0.3, 0.4) is 0 Å². The molecule has 2 saturated heterocycles. The Bertz CT molecular complexity index is 1900. The molecule has 2 unspecified atom stereocenters. The van der Waals surface area contributed by atoms with Crippen molar-refractivity contribution in [3.8, 4) is 11.5 Å². The average molecular weight is 684 g/mol. The lowest BCUT2D eigenvalue weighted by molar-refractivity contribution is -0.127. The maximum atomic E-state index is 15.5. The Kier molecular flexibility index (Phi) is 8.01. The predicted octanol–water partition coefficient (Wildman–Crippen LogP) is 6.02. The number of likely N-dealkylation sites (tertiary alicyclic amines) is 2. The van der Waals surface area contributed by atoms with Gasteiger partial charge in [-0.3, -0.25) is 14.6 Å². The van der Waals surface area contributed by atoms with Crippen LogP contribution in [0.1, 0.15) is 47.9 Å². The summed E-state index contributed by atoms with van der Waals surface area (Å²) in [7, 11) is -1.43. The number of hydrogen-bond acceptors (Lipinski definition) is 9. The highest BCUT2D eigenvalue weighted by Crippen LogP contribution is 2.57. The molecule has 1 amide bonds. The molecule has 0 aliphatic carbocycles. The first-order valence-corrected chi connectivity index (χ1v) is 17.2. The van der Waals surface area contributed by atoms with Gasteiger partial charge in [-0.05, 0) is 86.4 Å². The van der Waals surface area contributed by atoms with Crippen LogP contribution in [0.2, 0.25) is 10.0 Å². The second-order valence-electron chi connectivity index (χ2n) is 11.6. The molecule has 0 bridgehead atoms. The molecular formula is C33H32Cl2N4O6S. The zero-order chi connectivity index (χ0) is 32.2. The Morgan fingerprint density at radius 2 is 1.72 bits per heavy atom. The second kappa shape index (κ2) is 11.9. The highest BCUT2D eigenvalue weighted by molar-refractivity contribution is 7.93. The Balaban J connectivity index is 1.52. The van der Waals surface area contributed by atoms with Crippen LogP contribution in [0.4, 0.5) is 5.69 Å². The summed E-state index contributed by atoms with van der Waals surface area (Å²) in [6, 6.07) is 14.3. The van der Waals surface area contributed by atoms with Gasteiger partial charge in [0.05, 0.1) is 47.1 Å². The summed E-state index contributed by atoms with van der Waals surface area (Å²) < 4.78 is 47.0. The number of oxazole rings is 1. The number of rotatable bonds is 9. The van der Waals surface area contributed by atoms with Gasteiger partial charge in [-0.2, -0.15) is 0 Å². The fourth-order valence-electron chi connectivity index (χ4n) is 6.91. The lowest BCUT2D eigenvalue weighted by Crippen LogP contribution is -2.54. The number of amides is 1. The van der Waals surface area contributed by atoms with Crippen molar-refractivity contribution >= 4 is 44.8 Å². The molecular weight excluding hydrogens is 651 g/mol. The van der Waals surface area contributed by atoms with E-state index in [1.54, 1.807) is 12.3 Å². The average Bonchev–Trinajstić information content (AvgIpc) is 3.79. The van der Waals surface area contributed by atoms with Gasteiger partial charge in [-0.25, -0.2) is 17.7 Å². The topological polar surface area (TPSA) is 105 Å². The third-order valence-corrected chi connectivity index (χ3v) is 11.6. The molecule has 3 aliphatic rings. The lowest BCUT2D eigenvalue weighted by Gasteiger charge is -2.41. The highest BCUT2D eigenvalue weighted by Gasteiger charge is 2.63. The van der Waals surface area contributed by atoms with E-state index in [-0.39, 0.29) is 20.6 Å². The number of hydrogen-bond donors (Lipinski definition) is 0. The molecule has 1 aromatic heterocycles. The SMILES string of the molecule is COc1ccc(S(=O)(=O)N2C(=O)C(c3cc(CN4CCC4)ccc3OC)(N3CCCC3c3ncco3)c3cc(Cl)c(Cl)cc32)cc1. The van der Waals surface area contributed by atoms with Gasteiger partial charge >= 0.3 is 0 Å². The Morgan fingerprint density at radius 1 is 0.957 bits per heavy atom. The number of fused-ring (bicyclic) bond motifs is 1. The van der Waals surface area contributed by atoms with E-state index in [9.17, 15) is 8.42 Å². The van der Waals surface area contributed by atoms with Crippen molar-refractivity contribution in [2.45, 2.75) is 42.3 Å². The van der Waals surface area contributed by atoms with E-state index in [0.717, 1.165) is 29.4 Å². The van der Waals surface area contributed by atoms with Crippen molar-refractivity contribution in [2.75, 3.05) is 38.2 Å². The van der Waals surface area contributed by atoms with Gasteiger partial charge in [0, 0.05) is 24.2 Å². The van der Waals surface area contributed by atoms with Crippen LogP contribution in [0, 0.1) is 0 Å². The molecule has 7 rings (SSSR count). The summed E-state index contributed by atoms with van der Waals surface area (Å²) in [5, 5.41) is 0.298. The van der Waals surface area contributed by atoms with E-state index in [1.165, 1.54) is 50.8 Å². The minimum Gasteiger partial charge on any atom is -0.497 e. The minimum absolute atomic E-state index is 0.0846. The molecule has 0 radical (unpaired) electrons. The first-order valence-electron chi connectivity index (χ1n) is 15.0. The van der Waals surface area contributed by atoms with Gasteiger partial charge in [-0.1, -0.05) is 29.3 Å². The zero-order valence-electron chi connectivity index (χ0n) is 25.3. The van der Waals surface area contributed by atoms with Crippen LogP contribution in [-0.2, 0) is 26.9 Å². The third kappa shape index (κ3) is 4.79. The van der Waals surface area contributed by atoms with Gasteiger partial charge < -0.3 is 13.9 Å². The number of carbonyl (C=O) groups excluding carboxylic acids is 1. The van der Waals surface area contributed by atoms with Crippen molar-refractivity contribution in [2.24, 2.45) is 0 Å². The molecule has 3 aromatic carbocycles. The molecule has 46 heavy (non-hydrogen) atoms. The van der Waals surface area contributed by atoms with Gasteiger partial charge in [-0.15, -0.1) is 0 Å². The number of ether oxygens (including phenoxy) is 2. The summed E-state index contributed by atoms with van der Waals surface area (Å²) in [4.78, 5) is 24.2. The van der Waals surface area contributed by atoms with Crippen LogP contribution in [0.5, 0.6) is 11.5 Å². The Labute approximate surface area is 277 Å². The first-order chi connectivity index (χ1) is 22.2. The normalized spacial score (nSPS) is 21.8. The smallest absolute Gasteiger partial charge is 0.271 e. The van der Waals surface area contributed by atoms with Crippen molar-refractivity contribution in [1.29, 1.82) is 0 Å². The maximum absolute atomic E-state index is 15.5. The fraction of sp³-hybridized carbons (Fsp3) is 0.333. The predicted molar refractivity (Wildman–Crippen MR) is 173 cm³/mol. The Morgan fingerprint density at radius 3 is 2.37 bits per heavy atom. The van der Waals surface area contributed by atoms with Crippen LogP contribution < -0.4 is 13.8 Å². The molecule has 4 heterocycles. The molecule has 0 spiro atoms.